The summed E-state index contributed by atoms with van der Waals surface area (Å²) in [6, 6.07) is 4.08. The van der Waals surface area contributed by atoms with Crippen molar-refractivity contribution in [2.75, 3.05) is 6.54 Å². The zero-order valence-electron chi connectivity index (χ0n) is 10.8. The molecule has 1 N–H and O–H groups in total. The molecule has 0 fully saturated rings. The molecule has 0 bridgehead atoms. The minimum absolute atomic E-state index is 0.875. The third-order valence-corrected chi connectivity index (χ3v) is 2.88. The van der Waals surface area contributed by atoms with Crippen molar-refractivity contribution in [3.63, 3.8) is 0 Å². The van der Waals surface area contributed by atoms with Gasteiger partial charge in [0.1, 0.15) is 0 Å². The first kappa shape index (κ1) is 12.8. The Bertz CT molecular complexity index is 450. The molecule has 2 heterocycles. The smallest absolute Gasteiger partial charge is 0.0948 e. The molecule has 0 aliphatic rings. The summed E-state index contributed by atoms with van der Waals surface area (Å²) in [4.78, 5) is 8.30. The number of pyridine rings is 1. The molecule has 0 saturated carbocycles. The molecule has 0 radical (unpaired) electrons. The molecule has 2 aromatic rings. The highest BCUT2D eigenvalue weighted by Gasteiger charge is 2.00. The van der Waals surface area contributed by atoms with E-state index in [0.717, 1.165) is 32.5 Å². The van der Waals surface area contributed by atoms with E-state index < -0.39 is 0 Å². The van der Waals surface area contributed by atoms with E-state index in [-0.39, 0.29) is 0 Å². The van der Waals surface area contributed by atoms with Crippen LogP contribution in [-0.4, -0.2) is 21.1 Å². The Morgan fingerprint density at radius 2 is 2.22 bits per heavy atom. The lowest BCUT2D eigenvalue weighted by atomic mass is 10.2. The normalized spacial score (nSPS) is 10.7. The van der Waals surface area contributed by atoms with Gasteiger partial charge in [0, 0.05) is 31.7 Å². The van der Waals surface area contributed by atoms with Crippen molar-refractivity contribution in [2.24, 2.45) is 0 Å². The molecule has 0 unspecified atom stereocenters. The van der Waals surface area contributed by atoms with Gasteiger partial charge in [0.2, 0.25) is 0 Å². The second kappa shape index (κ2) is 6.91. The van der Waals surface area contributed by atoms with Crippen LogP contribution in [0.15, 0.2) is 37.1 Å². The predicted molar refractivity (Wildman–Crippen MR) is 72.2 cm³/mol. The van der Waals surface area contributed by atoms with Gasteiger partial charge in [-0.15, -0.1) is 0 Å². The van der Waals surface area contributed by atoms with Crippen LogP contribution >= 0.6 is 0 Å². The van der Waals surface area contributed by atoms with E-state index in [1.54, 1.807) is 6.20 Å². The fourth-order valence-corrected chi connectivity index (χ4v) is 1.93. The predicted octanol–water partition coefficient (Wildman–Crippen LogP) is 2.02. The lowest BCUT2D eigenvalue weighted by Gasteiger charge is -2.08. The van der Waals surface area contributed by atoms with Crippen LogP contribution < -0.4 is 5.32 Å². The van der Waals surface area contributed by atoms with Crippen LogP contribution in [0.2, 0.25) is 0 Å². The SMILES string of the molecule is CCCn1cncc1CNCCc1cccnc1. The van der Waals surface area contributed by atoms with Gasteiger partial charge in [0.25, 0.3) is 0 Å². The van der Waals surface area contributed by atoms with Crippen molar-refractivity contribution < 1.29 is 0 Å². The molecule has 0 aliphatic carbocycles. The Kier molecular flexibility index (Phi) is 4.90. The van der Waals surface area contributed by atoms with E-state index in [1.165, 1.54) is 11.3 Å². The maximum absolute atomic E-state index is 4.19. The molecule has 2 rings (SSSR count). The summed E-state index contributed by atoms with van der Waals surface area (Å²) in [5.41, 5.74) is 2.52. The second-order valence-corrected chi connectivity index (χ2v) is 4.37. The number of imidazole rings is 1. The van der Waals surface area contributed by atoms with Crippen LogP contribution in [0.1, 0.15) is 24.6 Å². The number of rotatable bonds is 7. The van der Waals surface area contributed by atoms with Crippen LogP contribution in [0.5, 0.6) is 0 Å². The van der Waals surface area contributed by atoms with Crippen molar-refractivity contribution in [3.05, 3.63) is 48.3 Å². The summed E-state index contributed by atoms with van der Waals surface area (Å²) in [6.07, 6.45) is 9.71. The molecule has 0 amide bonds. The van der Waals surface area contributed by atoms with Crippen molar-refractivity contribution >= 4 is 0 Å². The van der Waals surface area contributed by atoms with Gasteiger partial charge >= 0.3 is 0 Å². The van der Waals surface area contributed by atoms with Crippen molar-refractivity contribution in [1.82, 2.24) is 19.9 Å². The summed E-state index contributed by atoms with van der Waals surface area (Å²) in [6.45, 7) is 5.06. The van der Waals surface area contributed by atoms with E-state index in [2.05, 4.69) is 32.8 Å². The fourth-order valence-electron chi connectivity index (χ4n) is 1.93. The number of nitrogens with one attached hydrogen (secondary N) is 1. The summed E-state index contributed by atoms with van der Waals surface area (Å²) in [7, 11) is 0. The minimum Gasteiger partial charge on any atom is -0.333 e. The van der Waals surface area contributed by atoms with Gasteiger partial charge in [-0.3, -0.25) is 4.98 Å². The zero-order valence-corrected chi connectivity index (χ0v) is 10.8. The molecule has 4 heteroatoms. The number of nitrogens with zero attached hydrogens (tertiary/aromatic N) is 3. The lowest BCUT2D eigenvalue weighted by molar-refractivity contribution is 0.601. The molecule has 2 aromatic heterocycles. The molecule has 0 aromatic carbocycles. The molecule has 4 nitrogen and oxygen atoms in total. The lowest BCUT2D eigenvalue weighted by Crippen LogP contribution is -2.19. The Hall–Kier alpha value is -1.68. The van der Waals surface area contributed by atoms with Crippen molar-refractivity contribution in [2.45, 2.75) is 32.9 Å². The molecule has 0 spiro atoms. The fraction of sp³-hybridized carbons (Fsp3) is 0.429. The molecule has 96 valence electrons. The van der Waals surface area contributed by atoms with Gasteiger partial charge in [0.15, 0.2) is 0 Å². The number of hydrogen-bond acceptors (Lipinski definition) is 3. The van der Waals surface area contributed by atoms with Crippen molar-refractivity contribution in [1.29, 1.82) is 0 Å². The van der Waals surface area contributed by atoms with Gasteiger partial charge in [-0.2, -0.15) is 0 Å². The molecule has 0 atom stereocenters. The molecular formula is C14H20N4. The largest absolute Gasteiger partial charge is 0.333 e. The average Bonchev–Trinajstić information content (AvgIpc) is 2.84. The van der Waals surface area contributed by atoms with E-state index in [1.807, 2.05) is 24.8 Å². The van der Waals surface area contributed by atoms with Gasteiger partial charge in [-0.25, -0.2) is 4.98 Å². The molecule has 0 aliphatic heterocycles. The maximum atomic E-state index is 4.19. The Morgan fingerprint density at radius 1 is 1.28 bits per heavy atom. The van der Waals surface area contributed by atoms with Gasteiger partial charge < -0.3 is 9.88 Å². The topological polar surface area (TPSA) is 42.7 Å². The maximum Gasteiger partial charge on any atom is 0.0948 e. The molecule has 0 saturated heterocycles. The second-order valence-electron chi connectivity index (χ2n) is 4.37. The van der Waals surface area contributed by atoms with Gasteiger partial charge in [0.05, 0.1) is 12.0 Å². The summed E-state index contributed by atoms with van der Waals surface area (Å²) in [5.74, 6) is 0. The number of aryl methyl sites for hydroxylation is 1. The standard InChI is InChI=1S/C14H20N4/c1-2-8-18-12-17-11-14(18)10-16-7-5-13-4-3-6-15-9-13/h3-4,6,9,11-12,16H,2,5,7-8,10H2,1H3. The Balaban J connectivity index is 1.73. The van der Waals surface area contributed by atoms with Crippen LogP contribution in [0.3, 0.4) is 0 Å². The van der Waals surface area contributed by atoms with Crippen LogP contribution in [0.25, 0.3) is 0 Å². The highest BCUT2D eigenvalue weighted by molar-refractivity contribution is 5.08. The summed E-state index contributed by atoms with van der Waals surface area (Å²) < 4.78 is 2.21. The summed E-state index contributed by atoms with van der Waals surface area (Å²) >= 11 is 0. The first-order valence-electron chi connectivity index (χ1n) is 6.48. The van der Waals surface area contributed by atoms with E-state index in [9.17, 15) is 0 Å². The monoisotopic (exact) mass is 244 g/mol. The summed E-state index contributed by atoms with van der Waals surface area (Å²) in [5, 5.41) is 3.45. The highest BCUT2D eigenvalue weighted by Crippen LogP contribution is 2.01. The third kappa shape index (κ3) is 3.67. The van der Waals surface area contributed by atoms with E-state index >= 15 is 0 Å². The Labute approximate surface area is 108 Å². The third-order valence-electron chi connectivity index (χ3n) is 2.88. The Morgan fingerprint density at radius 3 is 3.00 bits per heavy atom. The van der Waals surface area contributed by atoms with Crippen LogP contribution in [0, 0.1) is 0 Å². The average molecular weight is 244 g/mol. The van der Waals surface area contributed by atoms with Gasteiger partial charge in [-0.05, 0) is 31.0 Å². The quantitative estimate of drug-likeness (QED) is 0.758. The van der Waals surface area contributed by atoms with E-state index in [4.69, 9.17) is 0 Å². The number of aromatic nitrogens is 3. The van der Waals surface area contributed by atoms with Crippen LogP contribution in [-0.2, 0) is 19.5 Å². The first-order valence-corrected chi connectivity index (χ1v) is 6.48. The molecule has 18 heavy (non-hydrogen) atoms. The van der Waals surface area contributed by atoms with Gasteiger partial charge in [-0.1, -0.05) is 13.0 Å². The number of hydrogen-bond donors (Lipinski definition) is 1. The first-order chi connectivity index (χ1) is 8.90. The zero-order chi connectivity index (χ0) is 12.6. The van der Waals surface area contributed by atoms with Crippen LogP contribution in [0.4, 0.5) is 0 Å². The van der Waals surface area contributed by atoms with E-state index in [0.29, 0.717) is 0 Å². The highest BCUT2D eigenvalue weighted by atomic mass is 15.1. The van der Waals surface area contributed by atoms with Crippen molar-refractivity contribution in [3.8, 4) is 0 Å². The molecular weight excluding hydrogens is 224 g/mol. The minimum atomic E-state index is 0.875.